The number of nitrogens with one attached hydrogen (secondary N) is 1. The fourth-order valence-corrected chi connectivity index (χ4v) is 8.15. The minimum absolute atomic E-state index is 0.00705. The number of halogens is 2. The van der Waals surface area contributed by atoms with E-state index in [0.29, 0.717) is 41.7 Å². The van der Waals surface area contributed by atoms with E-state index in [4.69, 9.17) is 11.6 Å². The van der Waals surface area contributed by atoms with Gasteiger partial charge in [-0.25, -0.2) is 4.39 Å². The summed E-state index contributed by atoms with van der Waals surface area (Å²) in [6.07, 6.45) is 6.76. The Hall–Kier alpha value is -2.25. The summed E-state index contributed by atoms with van der Waals surface area (Å²) in [4.78, 5) is 20.1. The van der Waals surface area contributed by atoms with Gasteiger partial charge < -0.3 is 10.2 Å². The lowest BCUT2D eigenvalue weighted by molar-refractivity contribution is -0.0662. The molecule has 0 spiro atoms. The van der Waals surface area contributed by atoms with Crippen molar-refractivity contribution in [2.45, 2.75) is 83.6 Å². The largest absolute Gasteiger partial charge is 0.330 e. The lowest BCUT2D eigenvalue weighted by Crippen LogP contribution is -2.68. The maximum Gasteiger partial charge on any atom is 0.254 e. The Morgan fingerprint density at radius 1 is 1.05 bits per heavy atom. The highest BCUT2D eigenvalue weighted by Crippen LogP contribution is 2.45. The van der Waals surface area contributed by atoms with E-state index < -0.39 is 0 Å². The first-order chi connectivity index (χ1) is 19.8. The number of hydrogen-bond acceptors (Lipinski definition) is 4. The van der Waals surface area contributed by atoms with Crippen molar-refractivity contribution in [2.24, 2.45) is 5.41 Å². The van der Waals surface area contributed by atoms with Crippen LogP contribution in [0.2, 0.25) is 5.02 Å². The Labute approximate surface area is 248 Å². The van der Waals surface area contributed by atoms with Gasteiger partial charge in [0.2, 0.25) is 0 Å². The van der Waals surface area contributed by atoms with Gasteiger partial charge in [0, 0.05) is 72.6 Å². The molecule has 6 aliphatic rings. The molecule has 0 aromatic heterocycles. The van der Waals surface area contributed by atoms with Gasteiger partial charge in [-0.3, -0.25) is 14.6 Å². The quantitative estimate of drug-likeness (QED) is 0.450. The molecule has 3 atom stereocenters. The molecule has 1 amide bonds. The third kappa shape index (κ3) is 5.26. The summed E-state index contributed by atoms with van der Waals surface area (Å²) in [5.74, 6) is -0.173. The molecule has 2 bridgehead atoms. The Kier molecular flexibility index (Phi) is 7.25. The van der Waals surface area contributed by atoms with Crippen LogP contribution in [0.1, 0.15) is 79.4 Å². The average molecular weight is 577 g/mol. The first-order valence-corrected chi connectivity index (χ1v) is 15.9. The van der Waals surface area contributed by atoms with Gasteiger partial charge in [0.15, 0.2) is 0 Å². The predicted octanol–water partition coefficient (Wildman–Crippen LogP) is 6.11. The monoisotopic (exact) mass is 576 g/mol. The maximum absolute atomic E-state index is 15.8. The van der Waals surface area contributed by atoms with Crippen molar-refractivity contribution in [1.82, 2.24) is 20.0 Å². The molecule has 5 aliphatic heterocycles. The smallest absolute Gasteiger partial charge is 0.254 e. The molecule has 41 heavy (non-hydrogen) atoms. The van der Waals surface area contributed by atoms with E-state index in [1.807, 2.05) is 29.2 Å². The standard InChI is InChI=1S/C34H42ClFN4O/c1-34(2)12-11-23(30(15-34)22-5-8-25(35)9-6-22)18-39-27-14-28(39)20-38(19-27)17-24-7-10-29-31(32(24)36)21-40(33(29)41)26-4-3-13-37-16-26/h5-10,26-28,37H,3-4,11-21H2,1-2H3. The number of carbonyl (C=O) groups excluding carboxylic acids is 1. The summed E-state index contributed by atoms with van der Waals surface area (Å²) >= 11 is 6.21. The number of benzene rings is 2. The second-order valence-corrected chi connectivity index (χ2v) is 14.3. The lowest BCUT2D eigenvalue weighted by Gasteiger charge is -2.57. The zero-order valence-corrected chi connectivity index (χ0v) is 25.2. The van der Waals surface area contributed by atoms with Crippen LogP contribution >= 0.6 is 11.6 Å². The first-order valence-electron chi connectivity index (χ1n) is 15.5. The van der Waals surface area contributed by atoms with Gasteiger partial charge in [0.25, 0.3) is 5.91 Å². The van der Waals surface area contributed by atoms with Crippen molar-refractivity contribution in [3.63, 3.8) is 0 Å². The van der Waals surface area contributed by atoms with Gasteiger partial charge in [-0.1, -0.05) is 49.2 Å². The van der Waals surface area contributed by atoms with E-state index >= 15 is 4.39 Å². The molecular formula is C34H42ClFN4O. The molecule has 0 radical (unpaired) electrons. The molecule has 8 rings (SSSR count). The molecule has 7 heteroatoms. The van der Waals surface area contributed by atoms with Crippen LogP contribution in [-0.2, 0) is 13.1 Å². The molecule has 5 heterocycles. The van der Waals surface area contributed by atoms with Crippen LogP contribution < -0.4 is 5.32 Å². The Bertz CT molecular complexity index is 1350. The summed E-state index contributed by atoms with van der Waals surface area (Å²) < 4.78 is 15.8. The van der Waals surface area contributed by atoms with Crippen LogP contribution in [0.25, 0.3) is 5.57 Å². The molecule has 4 saturated heterocycles. The normalized spacial score (nSPS) is 28.1. The SMILES string of the molecule is CC1(C)CCC(CN2C3CC2CN(Cc2ccc4c(c2F)CN(C2CCCNC2)C4=O)C3)=C(c2ccc(Cl)cc2)C1. The van der Waals surface area contributed by atoms with Gasteiger partial charge in [-0.15, -0.1) is 0 Å². The summed E-state index contributed by atoms with van der Waals surface area (Å²) in [6.45, 7) is 10.6. The van der Waals surface area contributed by atoms with Crippen molar-refractivity contribution in [3.05, 3.63) is 75.1 Å². The second kappa shape index (κ2) is 10.8. The van der Waals surface area contributed by atoms with Crippen LogP contribution in [0.5, 0.6) is 0 Å². The molecule has 0 saturated carbocycles. The number of amides is 1. The van der Waals surface area contributed by atoms with Crippen LogP contribution in [0, 0.1) is 11.2 Å². The Balaban J connectivity index is 1.02. The molecule has 1 N–H and O–H groups in total. The molecule has 1 aliphatic carbocycles. The van der Waals surface area contributed by atoms with Crippen molar-refractivity contribution in [3.8, 4) is 0 Å². The second-order valence-electron chi connectivity index (χ2n) is 13.8. The van der Waals surface area contributed by atoms with E-state index in [1.54, 1.807) is 5.57 Å². The zero-order valence-electron chi connectivity index (χ0n) is 24.4. The summed E-state index contributed by atoms with van der Waals surface area (Å²) in [5.41, 5.74) is 6.61. The number of allylic oxidation sites excluding steroid dienone is 1. The minimum Gasteiger partial charge on any atom is -0.330 e. The van der Waals surface area contributed by atoms with Crippen molar-refractivity contribution >= 4 is 23.1 Å². The summed E-state index contributed by atoms with van der Waals surface area (Å²) in [5, 5.41) is 4.17. The van der Waals surface area contributed by atoms with Gasteiger partial charge in [0.1, 0.15) is 5.82 Å². The average Bonchev–Trinajstić information content (AvgIpc) is 3.31. The van der Waals surface area contributed by atoms with Gasteiger partial charge in [-0.05, 0) is 79.8 Å². The van der Waals surface area contributed by atoms with E-state index in [1.165, 1.54) is 24.0 Å². The number of fused-ring (bicyclic) bond motifs is 3. The number of piperazine rings is 1. The molecule has 3 unspecified atom stereocenters. The highest BCUT2D eigenvalue weighted by Gasteiger charge is 2.45. The van der Waals surface area contributed by atoms with Crippen molar-refractivity contribution in [1.29, 1.82) is 0 Å². The fraction of sp³-hybridized carbons (Fsp3) is 0.559. The summed E-state index contributed by atoms with van der Waals surface area (Å²) in [6, 6.07) is 13.3. The maximum atomic E-state index is 15.8. The molecule has 5 nitrogen and oxygen atoms in total. The number of hydrogen-bond donors (Lipinski definition) is 1. The van der Waals surface area contributed by atoms with Crippen LogP contribution in [-0.4, -0.2) is 71.5 Å². The van der Waals surface area contributed by atoms with Crippen LogP contribution in [0.3, 0.4) is 0 Å². The van der Waals surface area contributed by atoms with E-state index in [0.717, 1.165) is 69.0 Å². The number of nitrogens with zero attached hydrogens (tertiary/aromatic N) is 3. The highest BCUT2D eigenvalue weighted by atomic mass is 35.5. The van der Waals surface area contributed by atoms with Crippen molar-refractivity contribution < 1.29 is 9.18 Å². The van der Waals surface area contributed by atoms with E-state index in [-0.39, 0.29) is 17.8 Å². The number of rotatable bonds is 6. The highest BCUT2D eigenvalue weighted by molar-refractivity contribution is 6.30. The third-order valence-electron chi connectivity index (χ3n) is 10.4. The Morgan fingerprint density at radius 3 is 2.56 bits per heavy atom. The molecule has 2 aromatic rings. The molecule has 4 fully saturated rings. The lowest BCUT2D eigenvalue weighted by atomic mass is 9.72. The van der Waals surface area contributed by atoms with Gasteiger partial charge in [0.05, 0.1) is 6.54 Å². The molecule has 218 valence electrons. The molecule has 2 aromatic carbocycles. The predicted molar refractivity (Wildman–Crippen MR) is 162 cm³/mol. The Morgan fingerprint density at radius 2 is 1.83 bits per heavy atom. The zero-order chi connectivity index (χ0) is 28.3. The van der Waals surface area contributed by atoms with Crippen molar-refractivity contribution in [2.75, 3.05) is 32.7 Å². The first kappa shape index (κ1) is 27.6. The minimum atomic E-state index is -0.166. The summed E-state index contributed by atoms with van der Waals surface area (Å²) in [7, 11) is 0. The van der Waals surface area contributed by atoms with Crippen LogP contribution in [0.4, 0.5) is 4.39 Å². The topological polar surface area (TPSA) is 38.8 Å². The van der Waals surface area contributed by atoms with Gasteiger partial charge in [-0.2, -0.15) is 0 Å². The molecular weight excluding hydrogens is 535 g/mol. The third-order valence-corrected chi connectivity index (χ3v) is 10.7. The van der Waals surface area contributed by atoms with E-state index in [2.05, 4.69) is 41.1 Å². The number of carbonyl (C=O) groups is 1. The van der Waals surface area contributed by atoms with E-state index in [9.17, 15) is 4.79 Å². The fourth-order valence-electron chi connectivity index (χ4n) is 8.02. The van der Waals surface area contributed by atoms with Gasteiger partial charge >= 0.3 is 0 Å². The number of piperidine rings is 2. The van der Waals surface area contributed by atoms with Crippen LogP contribution in [0.15, 0.2) is 42.0 Å².